The van der Waals surface area contributed by atoms with Crippen molar-refractivity contribution in [1.29, 1.82) is 0 Å². The fourth-order valence-electron chi connectivity index (χ4n) is 5.64. The molecule has 0 aromatic rings. The highest BCUT2D eigenvalue weighted by atomic mass is 16.5. The van der Waals surface area contributed by atoms with Crippen molar-refractivity contribution in [2.45, 2.75) is 50.2 Å². The summed E-state index contributed by atoms with van der Waals surface area (Å²) < 4.78 is 5.21. The first-order chi connectivity index (χ1) is 11.3. The minimum absolute atomic E-state index is 0.154. The summed E-state index contributed by atoms with van der Waals surface area (Å²) in [6.07, 6.45) is 4.82. The molecule has 4 aliphatic carbocycles. The van der Waals surface area contributed by atoms with E-state index < -0.39 is 34.4 Å². The van der Waals surface area contributed by atoms with Gasteiger partial charge in [-0.2, -0.15) is 0 Å². The fraction of sp³-hybridized carbons (Fsp3) is 0.684. The molecule has 4 aliphatic rings. The van der Waals surface area contributed by atoms with E-state index in [1.165, 1.54) is 0 Å². The van der Waals surface area contributed by atoms with Crippen LogP contribution >= 0.6 is 0 Å². The second-order valence-corrected chi connectivity index (χ2v) is 7.64. The Morgan fingerprint density at radius 3 is 2.12 bits per heavy atom. The third kappa shape index (κ3) is 2.07. The van der Waals surface area contributed by atoms with Gasteiger partial charge in [-0.1, -0.05) is 12.2 Å². The molecule has 0 spiro atoms. The van der Waals surface area contributed by atoms with Crippen LogP contribution in [0.3, 0.4) is 0 Å². The molecule has 6 atom stereocenters. The van der Waals surface area contributed by atoms with Gasteiger partial charge in [0, 0.05) is 18.3 Å². The fourth-order valence-corrected chi connectivity index (χ4v) is 5.64. The van der Waals surface area contributed by atoms with E-state index in [0.717, 1.165) is 0 Å². The van der Waals surface area contributed by atoms with Crippen molar-refractivity contribution in [3.8, 4) is 0 Å². The van der Waals surface area contributed by atoms with Crippen molar-refractivity contribution in [3.05, 3.63) is 25.3 Å². The van der Waals surface area contributed by atoms with E-state index in [0.29, 0.717) is 25.7 Å². The number of carbonyl (C=O) groups is 2. The lowest BCUT2D eigenvalue weighted by Gasteiger charge is -2.30. The van der Waals surface area contributed by atoms with Gasteiger partial charge >= 0.3 is 5.97 Å². The van der Waals surface area contributed by atoms with Gasteiger partial charge in [0.15, 0.2) is 5.78 Å². The number of esters is 1. The van der Waals surface area contributed by atoms with Crippen molar-refractivity contribution in [2.24, 2.45) is 23.2 Å². The van der Waals surface area contributed by atoms with Gasteiger partial charge in [0.2, 0.25) is 0 Å². The lowest BCUT2D eigenvalue weighted by atomic mass is 9.81. The number of fused-ring (bicyclic) bond motifs is 3. The molecule has 0 amide bonds. The van der Waals surface area contributed by atoms with E-state index in [-0.39, 0.29) is 24.7 Å². The summed E-state index contributed by atoms with van der Waals surface area (Å²) >= 11 is 0. The molecule has 5 heteroatoms. The quantitative estimate of drug-likeness (QED) is 0.439. The zero-order chi connectivity index (χ0) is 17.8. The van der Waals surface area contributed by atoms with Crippen LogP contribution in [0.1, 0.15) is 39.0 Å². The van der Waals surface area contributed by atoms with Crippen LogP contribution in [0.5, 0.6) is 0 Å². The minimum Gasteiger partial charge on any atom is -0.465 e. The highest BCUT2D eigenvalue weighted by Gasteiger charge is 2.86. The maximum absolute atomic E-state index is 13.0. The van der Waals surface area contributed by atoms with Crippen LogP contribution in [0, 0.1) is 23.2 Å². The zero-order valence-electron chi connectivity index (χ0n) is 14.2. The molecule has 2 N–H and O–H groups in total. The summed E-state index contributed by atoms with van der Waals surface area (Å²) in [5, 5.41) is 22.5. The summed E-state index contributed by atoms with van der Waals surface area (Å²) in [4.78, 5) is 25.7. The van der Waals surface area contributed by atoms with E-state index >= 15 is 0 Å². The van der Waals surface area contributed by atoms with E-state index in [9.17, 15) is 19.8 Å². The van der Waals surface area contributed by atoms with Gasteiger partial charge in [-0.3, -0.25) is 9.59 Å². The molecular weight excluding hydrogens is 308 g/mol. The molecule has 4 bridgehead atoms. The van der Waals surface area contributed by atoms with E-state index in [4.69, 9.17) is 4.74 Å². The van der Waals surface area contributed by atoms with Gasteiger partial charge in [-0.15, -0.1) is 13.2 Å². The maximum atomic E-state index is 13.0. The number of hydrogen-bond acceptors (Lipinski definition) is 5. The largest absolute Gasteiger partial charge is 0.465 e. The van der Waals surface area contributed by atoms with Crippen molar-refractivity contribution < 1.29 is 24.5 Å². The third-order valence-corrected chi connectivity index (χ3v) is 6.19. The number of aliphatic hydroxyl groups is 2. The molecule has 4 fully saturated rings. The number of hydrogen-bond donors (Lipinski definition) is 2. The topological polar surface area (TPSA) is 83.8 Å². The molecule has 4 rings (SSSR count). The summed E-state index contributed by atoms with van der Waals surface area (Å²) in [6.45, 7) is 9.27. The van der Waals surface area contributed by atoms with Crippen LogP contribution in [-0.4, -0.2) is 39.8 Å². The standard InChI is InChI=1S/C19H26O5/c1-4-7-17(22)10-12-9-13(20)19(16(21)24-6-3)14(17)15(19)18(23,11-12)8-5-2/h4-5,12,14-15,22-23H,1-2,6-11H2,3H3/t12?,14?,15?,17-,18?,19?/m1/s1. The first kappa shape index (κ1) is 17.4. The Kier molecular flexibility index (Phi) is 4.00. The summed E-state index contributed by atoms with van der Waals surface area (Å²) in [5.74, 6) is -2.18. The highest BCUT2D eigenvalue weighted by Crippen LogP contribution is 2.75. The Labute approximate surface area is 142 Å². The van der Waals surface area contributed by atoms with Gasteiger partial charge in [0.1, 0.15) is 5.41 Å². The highest BCUT2D eigenvalue weighted by molar-refractivity contribution is 6.09. The maximum Gasteiger partial charge on any atom is 0.320 e. The predicted octanol–water partition coefficient (Wildman–Crippen LogP) is 1.78. The summed E-state index contributed by atoms with van der Waals surface area (Å²) in [6, 6.07) is 0. The summed E-state index contributed by atoms with van der Waals surface area (Å²) in [7, 11) is 0. The van der Waals surface area contributed by atoms with Gasteiger partial charge in [-0.25, -0.2) is 0 Å². The number of rotatable bonds is 6. The Morgan fingerprint density at radius 1 is 1.21 bits per heavy atom. The molecule has 0 aromatic heterocycles. The summed E-state index contributed by atoms with van der Waals surface area (Å²) in [5.41, 5.74) is -3.83. The third-order valence-electron chi connectivity index (χ3n) is 6.19. The first-order valence-corrected chi connectivity index (χ1v) is 8.67. The molecule has 0 aliphatic heterocycles. The average molecular weight is 334 g/mol. The molecule has 5 unspecified atom stereocenters. The minimum atomic E-state index is -1.42. The molecule has 0 heterocycles. The lowest BCUT2D eigenvalue weighted by Crippen LogP contribution is -2.39. The Hall–Kier alpha value is -1.46. The monoisotopic (exact) mass is 334 g/mol. The normalized spacial score (nSPS) is 46.0. The number of ketones is 1. The van der Waals surface area contributed by atoms with Crippen LogP contribution in [0.2, 0.25) is 0 Å². The van der Waals surface area contributed by atoms with Gasteiger partial charge in [0.25, 0.3) is 0 Å². The van der Waals surface area contributed by atoms with Crippen LogP contribution in [0.25, 0.3) is 0 Å². The average Bonchev–Trinajstić information content (AvgIpc) is 3.22. The molecule has 5 nitrogen and oxygen atoms in total. The molecule has 132 valence electrons. The zero-order valence-corrected chi connectivity index (χ0v) is 14.2. The van der Waals surface area contributed by atoms with Gasteiger partial charge < -0.3 is 14.9 Å². The Balaban J connectivity index is 2.16. The molecule has 0 aromatic carbocycles. The van der Waals surface area contributed by atoms with Crippen LogP contribution in [0.4, 0.5) is 0 Å². The molecule has 0 radical (unpaired) electrons. The smallest absolute Gasteiger partial charge is 0.320 e. The SMILES string of the molecule is C=CCC1(O)CC2CC(=O)C3(C(=O)OCC)C1C3[C@@](O)(CC=C)C2. The first-order valence-electron chi connectivity index (χ1n) is 8.67. The van der Waals surface area contributed by atoms with Crippen molar-refractivity contribution in [2.75, 3.05) is 6.61 Å². The van der Waals surface area contributed by atoms with Crippen molar-refractivity contribution in [1.82, 2.24) is 0 Å². The second kappa shape index (κ2) is 5.53. The van der Waals surface area contributed by atoms with E-state index in [1.807, 2.05) is 0 Å². The van der Waals surface area contributed by atoms with Crippen molar-refractivity contribution >= 4 is 11.8 Å². The van der Waals surface area contributed by atoms with Crippen LogP contribution in [-0.2, 0) is 14.3 Å². The van der Waals surface area contributed by atoms with Crippen LogP contribution < -0.4 is 0 Å². The molecule has 0 saturated heterocycles. The molecule has 24 heavy (non-hydrogen) atoms. The molecule has 4 saturated carbocycles. The van der Waals surface area contributed by atoms with Crippen molar-refractivity contribution in [3.63, 3.8) is 0 Å². The van der Waals surface area contributed by atoms with E-state index in [2.05, 4.69) is 13.2 Å². The predicted molar refractivity (Wildman–Crippen MR) is 87.9 cm³/mol. The number of carbonyl (C=O) groups excluding carboxylic acids is 2. The van der Waals surface area contributed by atoms with Gasteiger partial charge in [-0.05, 0) is 38.5 Å². The Morgan fingerprint density at radius 2 is 1.71 bits per heavy atom. The molecular formula is C19H26O5. The van der Waals surface area contributed by atoms with E-state index in [1.54, 1.807) is 19.1 Å². The van der Waals surface area contributed by atoms with Gasteiger partial charge in [0.05, 0.1) is 17.8 Å². The Bertz CT molecular complexity index is 565. The lowest BCUT2D eigenvalue weighted by molar-refractivity contribution is -0.157. The number of Topliss-reactive ketones (excluding diaryl/α,β-unsaturated/α-hetero) is 1. The van der Waals surface area contributed by atoms with Crippen LogP contribution in [0.15, 0.2) is 25.3 Å². The second-order valence-electron chi connectivity index (χ2n) is 7.64. The number of ether oxygens (including phenoxy) is 1.